The fraction of sp³-hybridized carbons (Fsp3) is 0.722. The van der Waals surface area contributed by atoms with Crippen LogP contribution in [0.4, 0.5) is 0 Å². The molecule has 3 N–H and O–H groups in total. The van der Waals surface area contributed by atoms with E-state index in [4.69, 9.17) is 9.84 Å². The second-order valence-electron chi connectivity index (χ2n) is 6.85. The fourth-order valence-corrected chi connectivity index (χ4v) is 2.72. The van der Waals surface area contributed by atoms with Crippen molar-refractivity contribution in [2.24, 2.45) is 5.92 Å². The summed E-state index contributed by atoms with van der Waals surface area (Å²) in [4.78, 5) is 36.1. The van der Waals surface area contributed by atoms with Crippen molar-refractivity contribution in [1.29, 1.82) is 0 Å². The highest BCUT2D eigenvalue weighted by atomic mass is 16.5. The Morgan fingerprint density at radius 2 is 2.08 bits per heavy atom. The number of rotatable bonds is 10. The first-order chi connectivity index (χ1) is 12.3. The molecule has 3 atom stereocenters. The van der Waals surface area contributed by atoms with Gasteiger partial charge < -0.3 is 15.2 Å². The third-order valence-electron chi connectivity index (χ3n) is 4.19. The second kappa shape index (κ2) is 10.9. The van der Waals surface area contributed by atoms with Crippen LogP contribution in [0, 0.1) is 5.92 Å². The molecule has 8 heteroatoms. The van der Waals surface area contributed by atoms with Gasteiger partial charge in [0.05, 0.1) is 0 Å². The van der Waals surface area contributed by atoms with Crippen molar-refractivity contribution >= 4 is 17.8 Å². The van der Waals surface area contributed by atoms with Gasteiger partial charge in [-0.1, -0.05) is 19.9 Å². The number of unbranched alkanes of at least 4 members (excludes halogenated alkanes) is 1. The van der Waals surface area contributed by atoms with Gasteiger partial charge in [0.2, 0.25) is 5.91 Å². The minimum atomic E-state index is -0.994. The first-order valence-corrected chi connectivity index (χ1v) is 9.11. The number of aliphatic carboxylic acids is 1. The number of hydrazine groups is 1. The van der Waals surface area contributed by atoms with E-state index in [1.54, 1.807) is 13.0 Å². The maximum atomic E-state index is 12.5. The van der Waals surface area contributed by atoms with Gasteiger partial charge in [-0.15, -0.1) is 6.58 Å². The first kappa shape index (κ1) is 22.1. The molecule has 0 spiro atoms. The SMILES string of the molecule is C=CCCCOC(C(=O)NC(C)C(=O)N1CCC[C@@H](C(=O)O)N1)C(C)C. The zero-order valence-electron chi connectivity index (χ0n) is 15.9. The topological polar surface area (TPSA) is 108 Å². The number of carboxylic acid groups (broad SMARTS) is 1. The lowest BCUT2D eigenvalue weighted by atomic mass is 10.1. The number of nitrogens with zero attached hydrogens (tertiary/aromatic N) is 1. The number of hydrogen-bond donors (Lipinski definition) is 3. The summed E-state index contributed by atoms with van der Waals surface area (Å²) < 4.78 is 5.66. The van der Waals surface area contributed by atoms with Gasteiger partial charge in [0.1, 0.15) is 18.2 Å². The second-order valence-corrected chi connectivity index (χ2v) is 6.85. The normalized spacial score (nSPS) is 19.7. The Morgan fingerprint density at radius 3 is 2.65 bits per heavy atom. The maximum Gasteiger partial charge on any atom is 0.322 e. The van der Waals surface area contributed by atoms with E-state index >= 15 is 0 Å². The predicted molar refractivity (Wildman–Crippen MR) is 97.1 cm³/mol. The number of allylic oxidation sites excluding steroid dienone is 1. The smallest absolute Gasteiger partial charge is 0.322 e. The summed E-state index contributed by atoms with van der Waals surface area (Å²) in [6.07, 6.45) is 3.81. The van der Waals surface area contributed by atoms with Crippen LogP contribution in [0.15, 0.2) is 12.7 Å². The summed E-state index contributed by atoms with van der Waals surface area (Å²) in [7, 11) is 0. The van der Waals surface area contributed by atoms with Gasteiger partial charge in [-0.05, 0) is 38.5 Å². The molecule has 8 nitrogen and oxygen atoms in total. The Balaban J connectivity index is 2.58. The summed E-state index contributed by atoms with van der Waals surface area (Å²) in [6, 6.07) is -1.56. The Kier molecular flexibility index (Phi) is 9.29. The Hall–Kier alpha value is -1.93. The lowest BCUT2D eigenvalue weighted by molar-refractivity contribution is -0.149. The van der Waals surface area contributed by atoms with Crippen molar-refractivity contribution in [2.75, 3.05) is 13.2 Å². The minimum absolute atomic E-state index is 0.0365. The van der Waals surface area contributed by atoms with E-state index in [0.717, 1.165) is 12.8 Å². The predicted octanol–water partition coefficient (Wildman–Crippen LogP) is 1.08. The summed E-state index contributed by atoms with van der Waals surface area (Å²) in [5, 5.41) is 13.0. The third kappa shape index (κ3) is 6.76. The molecule has 0 radical (unpaired) electrons. The average Bonchev–Trinajstić information content (AvgIpc) is 2.60. The number of hydrogen-bond acceptors (Lipinski definition) is 5. The number of ether oxygens (including phenoxy) is 1. The highest BCUT2D eigenvalue weighted by molar-refractivity contribution is 5.89. The fourth-order valence-electron chi connectivity index (χ4n) is 2.72. The maximum absolute atomic E-state index is 12.5. The summed E-state index contributed by atoms with van der Waals surface area (Å²) in [6.45, 7) is 9.85. The highest BCUT2D eigenvalue weighted by Crippen LogP contribution is 2.11. The molecule has 1 rings (SSSR count). The van der Waals surface area contributed by atoms with Crippen LogP contribution in [0.25, 0.3) is 0 Å². The number of amides is 2. The van der Waals surface area contributed by atoms with Crippen molar-refractivity contribution in [3.05, 3.63) is 12.7 Å². The molecule has 2 amide bonds. The molecular weight excluding hydrogens is 338 g/mol. The number of carboxylic acids is 1. The largest absolute Gasteiger partial charge is 0.480 e. The molecular formula is C18H31N3O5. The van der Waals surface area contributed by atoms with E-state index < -0.39 is 24.2 Å². The van der Waals surface area contributed by atoms with Crippen molar-refractivity contribution in [3.63, 3.8) is 0 Å². The zero-order chi connectivity index (χ0) is 19.7. The van der Waals surface area contributed by atoms with Crippen molar-refractivity contribution in [2.45, 2.75) is 64.6 Å². The quantitative estimate of drug-likeness (QED) is 0.393. The van der Waals surface area contributed by atoms with Gasteiger partial charge in [-0.25, -0.2) is 5.43 Å². The van der Waals surface area contributed by atoms with E-state index in [-0.39, 0.29) is 17.7 Å². The van der Waals surface area contributed by atoms with Crippen molar-refractivity contribution < 1.29 is 24.2 Å². The van der Waals surface area contributed by atoms with Gasteiger partial charge in [-0.2, -0.15) is 0 Å². The van der Waals surface area contributed by atoms with Crippen LogP contribution in [0.5, 0.6) is 0 Å². The standard InChI is InChI=1S/C18H31N3O5/c1-5-6-7-11-26-15(12(2)3)16(22)19-13(4)17(23)21-10-8-9-14(20-21)18(24)25/h5,12-15,20H,1,6-11H2,2-4H3,(H,19,22)(H,24,25)/t13?,14-,15?/m0/s1. The molecule has 0 aromatic heterocycles. The van der Waals surface area contributed by atoms with E-state index in [1.807, 2.05) is 13.8 Å². The van der Waals surface area contributed by atoms with E-state index in [0.29, 0.717) is 26.0 Å². The van der Waals surface area contributed by atoms with Gasteiger partial charge >= 0.3 is 5.97 Å². The lowest BCUT2D eigenvalue weighted by Crippen LogP contribution is -2.59. The Bertz CT molecular complexity index is 509. The number of nitrogens with one attached hydrogen (secondary N) is 2. The molecule has 1 fully saturated rings. The molecule has 1 heterocycles. The van der Waals surface area contributed by atoms with E-state index in [1.165, 1.54) is 5.01 Å². The Morgan fingerprint density at radius 1 is 1.38 bits per heavy atom. The van der Waals surface area contributed by atoms with Gasteiger partial charge in [-0.3, -0.25) is 19.4 Å². The molecule has 1 aliphatic rings. The molecule has 26 heavy (non-hydrogen) atoms. The molecule has 0 aliphatic carbocycles. The number of carbonyl (C=O) groups is 3. The van der Waals surface area contributed by atoms with Crippen LogP contribution in [0.1, 0.15) is 46.5 Å². The molecule has 0 bridgehead atoms. The van der Waals surface area contributed by atoms with Crippen LogP contribution in [-0.4, -0.2) is 59.2 Å². The minimum Gasteiger partial charge on any atom is -0.480 e. The molecule has 0 aromatic rings. The molecule has 1 aliphatic heterocycles. The molecule has 2 unspecified atom stereocenters. The monoisotopic (exact) mass is 369 g/mol. The lowest BCUT2D eigenvalue weighted by Gasteiger charge is -2.34. The third-order valence-corrected chi connectivity index (χ3v) is 4.19. The van der Waals surface area contributed by atoms with Crippen LogP contribution in [0.2, 0.25) is 0 Å². The van der Waals surface area contributed by atoms with Gasteiger partial charge in [0.15, 0.2) is 0 Å². The Labute approximate surface area is 154 Å². The van der Waals surface area contributed by atoms with Gasteiger partial charge in [0.25, 0.3) is 5.91 Å². The molecule has 1 saturated heterocycles. The first-order valence-electron chi connectivity index (χ1n) is 9.11. The van der Waals surface area contributed by atoms with Crippen LogP contribution in [0.3, 0.4) is 0 Å². The van der Waals surface area contributed by atoms with Crippen LogP contribution >= 0.6 is 0 Å². The van der Waals surface area contributed by atoms with E-state index in [9.17, 15) is 14.4 Å². The molecule has 0 saturated carbocycles. The number of carbonyl (C=O) groups excluding carboxylic acids is 2. The highest BCUT2D eigenvalue weighted by Gasteiger charge is 2.32. The zero-order valence-corrected chi connectivity index (χ0v) is 15.9. The molecule has 148 valence electrons. The van der Waals surface area contributed by atoms with Crippen molar-refractivity contribution in [3.8, 4) is 0 Å². The van der Waals surface area contributed by atoms with E-state index in [2.05, 4.69) is 17.3 Å². The summed E-state index contributed by atoms with van der Waals surface area (Å²) in [5.41, 5.74) is 2.70. The summed E-state index contributed by atoms with van der Waals surface area (Å²) in [5.74, 6) is -1.73. The van der Waals surface area contributed by atoms with Crippen LogP contribution < -0.4 is 10.7 Å². The summed E-state index contributed by atoms with van der Waals surface area (Å²) >= 11 is 0. The van der Waals surface area contributed by atoms with Crippen molar-refractivity contribution in [1.82, 2.24) is 15.8 Å². The van der Waals surface area contributed by atoms with Gasteiger partial charge in [0, 0.05) is 13.2 Å². The van der Waals surface area contributed by atoms with Crippen LogP contribution in [-0.2, 0) is 19.1 Å². The average molecular weight is 369 g/mol. The molecule has 0 aromatic carbocycles.